The summed E-state index contributed by atoms with van der Waals surface area (Å²) in [6.45, 7) is 4.50. The maximum absolute atomic E-state index is 13.9. The molecule has 0 spiro atoms. The molecule has 5 rings (SSSR count). The summed E-state index contributed by atoms with van der Waals surface area (Å²) in [6, 6.07) is 24.4. The van der Waals surface area contributed by atoms with Gasteiger partial charge in [0.05, 0.1) is 17.1 Å². The number of nitrogens with one attached hydrogen (secondary N) is 1. The van der Waals surface area contributed by atoms with Crippen molar-refractivity contribution in [1.29, 1.82) is 0 Å². The molecule has 2 amide bonds. The quantitative estimate of drug-likeness (QED) is 0.350. The number of fused-ring (bicyclic) bond motifs is 1. The Balaban J connectivity index is 1.57. The molecule has 1 aliphatic rings. The van der Waals surface area contributed by atoms with Gasteiger partial charge in [-0.1, -0.05) is 89.6 Å². The molecule has 0 aliphatic carbocycles. The summed E-state index contributed by atoms with van der Waals surface area (Å²) in [4.78, 5) is 29.1. The van der Waals surface area contributed by atoms with Crippen LogP contribution in [0.1, 0.15) is 34.0 Å². The lowest BCUT2D eigenvalue weighted by Crippen LogP contribution is -2.43. The Morgan fingerprint density at radius 3 is 2.46 bits per heavy atom. The number of halogens is 1. The number of hydrogen-bond acceptors (Lipinski definition) is 4. The van der Waals surface area contributed by atoms with Gasteiger partial charge in [-0.05, 0) is 43.2 Å². The van der Waals surface area contributed by atoms with Crippen molar-refractivity contribution in [2.45, 2.75) is 38.0 Å². The fraction of sp³-hybridized carbons (Fsp3) is 0.207. The molecule has 2 heterocycles. The Labute approximate surface area is 225 Å². The average Bonchev–Trinajstić information content (AvgIpc) is 3.15. The summed E-state index contributed by atoms with van der Waals surface area (Å²) in [6.07, 6.45) is 0. The number of carbonyl (C=O) groups excluding carboxylic acids is 2. The maximum atomic E-state index is 13.9. The lowest BCUT2D eigenvalue weighted by atomic mass is 10.0. The first-order valence-electron chi connectivity index (χ1n) is 12.1. The molecular weight excluding hydrogens is 504 g/mol. The lowest BCUT2D eigenvalue weighted by Gasteiger charge is -2.30. The summed E-state index contributed by atoms with van der Waals surface area (Å²) >= 11 is 7.88. The van der Waals surface area contributed by atoms with Crippen LogP contribution in [0.5, 0.6) is 0 Å². The Morgan fingerprint density at radius 1 is 1.03 bits per heavy atom. The van der Waals surface area contributed by atoms with E-state index in [9.17, 15) is 9.59 Å². The normalized spacial score (nSPS) is 15.3. The van der Waals surface area contributed by atoms with Gasteiger partial charge in [0, 0.05) is 23.7 Å². The minimum atomic E-state index is -0.850. The van der Waals surface area contributed by atoms with Crippen LogP contribution in [0.4, 0.5) is 0 Å². The highest BCUT2D eigenvalue weighted by Gasteiger charge is 2.39. The molecule has 1 N–H and O–H groups in total. The molecule has 1 unspecified atom stereocenters. The molecule has 1 aliphatic heterocycles. The van der Waals surface area contributed by atoms with Crippen molar-refractivity contribution in [1.82, 2.24) is 20.0 Å². The number of nitrogens with zero attached hydrogens (tertiary/aromatic N) is 3. The third-order valence-electron chi connectivity index (χ3n) is 6.44. The van der Waals surface area contributed by atoms with Gasteiger partial charge in [0.1, 0.15) is 11.1 Å². The Morgan fingerprint density at radius 2 is 1.73 bits per heavy atom. The summed E-state index contributed by atoms with van der Waals surface area (Å²) in [7, 11) is 0. The number of hydrogen-bond donors (Lipinski definition) is 1. The number of aryl methyl sites for hydroxylation is 2. The molecule has 3 aromatic carbocycles. The van der Waals surface area contributed by atoms with Crippen LogP contribution in [-0.4, -0.2) is 32.2 Å². The summed E-state index contributed by atoms with van der Waals surface area (Å²) < 4.78 is 1.84. The zero-order valence-corrected chi connectivity index (χ0v) is 22.2. The van der Waals surface area contributed by atoms with E-state index in [2.05, 4.69) is 5.32 Å². The maximum Gasteiger partial charge on any atom is 0.247 e. The number of para-hydroxylation sites is 1. The van der Waals surface area contributed by atoms with Gasteiger partial charge < -0.3 is 10.2 Å². The predicted octanol–water partition coefficient (Wildman–Crippen LogP) is 5.63. The van der Waals surface area contributed by atoms with Gasteiger partial charge >= 0.3 is 0 Å². The average molecular weight is 531 g/mol. The second-order valence-electron chi connectivity index (χ2n) is 9.06. The SMILES string of the molecule is Cc1ccc(CNC(=O)C2c3c(C)nn(-c4ccccc4)c3SCC(=O)N2Cc2ccccc2Cl)cc1. The molecule has 37 heavy (non-hydrogen) atoms. The Kier molecular flexibility index (Phi) is 7.35. The molecule has 6 nitrogen and oxygen atoms in total. The van der Waals surface area contributed by atoms with Gasteiger partial charge in [0.15, 0.2) is 0 Å². The number of amides is 2. The monoisotopic (exact) mass is 530 g/mol. The summed E-state index contributed by atoms with van der Waals surface area (Å²) in [5.41, 5.74) is 5.26. The van der Waals surface area contributed by atoms with E-state index in [1.807, 2.05) is 91.3 Å². The number of thioether (sulfide) groups is 1. The van der Waals surface area contributed by atoms with Crippen LogP contribution in [-0.2, 0) is 22.7 Å². The number of benzene rings is 3. The second-order valence-corrected chi connectivity index (χ2v) is 10.4. The molecule has 0 fully saturated rings. The van der Waals surface area contributed by atoms with E-state index in [1.165, 1.54) is 11.8 Å². The topological polar surface area (TPSA) is 67.2 Å². The van der Waals surface area contributed by atoms with E-state index in [0.29, 0.717) is 17.3 Å². The molecule has 0 bridgehead atoms. The highest BCUT2D eigenvalue weighted by atomic mass is 35.5. The van der Waals surface area contributed by atoms with Gasteiger partial charge in [0.25, 0.3) is 0 Å². The summed E-state index contributed by atoms with van der Waals surface area (Å²) in [5.74, 6) is -0.187. The van der Waals surface area contributed by atoms with Gasteiger partial charge in [-0.2, -0.15) is 5.10 Å². The van der Waals surface area contributed by atoms with E-state index in [-0.39, 0.29) is 24.1 Å². The molecule has 4 aromatic rings. The van der Waals surface area contributed by atoms with Gasteiger partial charge in [-0.3, -0.25) is 9.59 Å². The molecule has 1 aromatic heterocycles. The fourth-order valence-electron chi connectivity index (χ4n) is 4.48. The molecule has 0 radical (unpaired) electrons. The van der Waals surface area contributed by atoms with E-state index in [4.69, 9.17) is 16.7 Å². The van der Waals surface area contributed by atoms with Crippen molar-refractivity contribution in [2.75, 3.05) is 5.75 Å². The summed E-state index contributed by atoms with van der Waals surface area (Å²) in [5, 5.41) is 9.23. The Hall–Kier alpha value is -3.55. The van der Waals surface area contributed by atoms with E-state index >= 15 is 0 Å². The molecule has 188 valence electrons. The molecule has 8 heteroatoms. The van der Waals surface area contributed by atoms with Gasteiger partial charge in [-0.15, -0.1) is 0 Å². The first-order valence-corrected chi connectivity index (χ1v) is 13.4. The van der Waals surface area contributed by atoms with Crippen LogP contribution in [0.15, 0.2) is 83.9 Å². The third kappa shape index (κ3) is 5.29. The second kappa shape index (κ2) is 10.8. The first-order chi connectivity index (χ1) is 17.9. The zero-order chi connectivity index (χ0) is 25.9. The molecular formula is C29H27ClN4O2S. The van der Waals surface area contributed by atoms with Crippen molar-refractivity contribution in [2.24, 2.45) is 0 Å². The van der Waals surface area contributed by atoms with Gasteiger partial charge in [-0.25, -0.2) is 4.68 Å². The van der Waals surface area contributed by atoms with Crippen LogP contribution >= 0.6 is 23.4 Å². The smallest absolute Gasteiger partial charge is 0.247 e. The van der Waals surface area contributed by atoms with Crippen molar-refractivity contribution in [3.63, 3.8) is 0 Å². The largest absolute Gasteiger partial charge is 0.350 e. The van der Waals surface area contributed by atoms with E-state index in [0.717, 1.165) is 33.0 Å². The van der Waals surface area contributed by atoms with Crippen molar-refractivity contribution in [3.05, 3.63) is 112 Å². The molecule has 1 atom stereocenters. The third-order valence-corrected chi connectivity index (χ3v) is 7.86. The number of carbonyl (C=O) groups is 2. The van der Waals surface area contributed by atoms with E-state index in [1.54, 1.807) is 11.0 Å². The fourth-order valence-corrected chi connectivity index (χ4v) is 5.79. The van der Waals surface area contributed by atoms with Crippen molar-refractivity contribution < 1.29 is 9.59 Å². The van der Waals surface area contributed by atoms with Crippen LogP contribution in [0.3, 0.4) is 0 Å². The lowest BCUT2D eigenvalue weighted by molar-refractivity contribution is -0.139. The van der Waals surface area contributed by atoms with Crippen LogP contribution in [0.25, 0.3) is 5.69 Å². The highest BCUT2D eigenvalue weighted by molar-refractivity contribution is 8.00. The number of aromatic nitrogens is 2. The van der Waals surface area contributed by atoms with Crippen molar-refractivity contribution in [3.8, 4) is 5.69 Å². The minimum absolute atomic E-state index is 0.129. The van der Waals surface area contributed by atoms with E-state index < -0.39 is 6.04 Å². The zero-order valence-electron chi connectivity index (χ0n) is 20.6. The van der Waals surface area contributed by atoms with Crippen LogP contribution in [0.2, 0.25) is 5.02 Å². The predicted molar refractivity (Wildman–Crippen MR) is 147 cm³/mol. The van der Waals surface area contributed by atoms with Crippen LogP contribution < -0.4 is 5.32 Å². The van der Waals surface area contributed by atoms with Gasteiger partial charge in [0.2, 0.25) is 11.8 Å². The molecule has 0 saturated carbocycles. The highest BCUT2D eigenvalue weighted by Crippen LogP contribution is 2.40. The minimum Gasteiger partial charge on any atom is -0.350 e. The molecule has 0 saturated heterocycles. The first kappa shape index (κ1) is 25.1. The van der Waals surface area contributed by atoms with Crippen LogP contribution in [0, 0.1) is 13.8 Å². The standard InChI is InChI=1S/C29H27ClN4O2S/c1-19-12-14-21(15-13-19)16-31-28(36)27-26-20(2)32-34(23-9-4-3-5-10-23)29(26)37-18-25(35)33(27)17-22-8-6-7-11-24(22)30/h3-15,27H,16-18H2,1-2H3,(H,31,36). The van der Waals surface area contributed by atoms with Crippen molar-refractivity contribution >= 4 is 35.2 Å². The number of rotatable bonds is 6. The Bertz CT molecular complexity index is 1440.